The van der Waals surface area contributed by atoms with Crippen LogP contribution in [0.3, 0.4) is 0 Å². The van der Waals surface area contributed by atoms with E-state index in [1.54, 1.807) is 26.2 Å². The van der Waals surface area contributed by atoms with E-state index < -0.39 is 0 Å². The highest BCUT2D eigenvalue weighted by Crippen LogP contribution is 2.35. The number of ether oxygens (including phenoxy) is 1. The van der Waals surface area contributed by atoms with Crippen LogP contribution in [0.25, 0.3) is 6.08 Å². The smallest absolute Gasteiger partial charge is 0.264 e. The van der Waals surface area contributed by atoms with Crippen LogP contribution in [0.5, 0.6) is 5.75 Å². The molecule has 0 saturated heterocycles. The lowest BCUT2D eigenvalue weighted by Gasteiger charge is -2.12. The fourth-order valence-electron chi connectivity index (χ4n) is 2.08. The highest BCUT2D eigenvalue weighted by atomic mass is 79.9. The van der Waals surface area contributed by atoms with E-state index in [-0.39, 0.29) is 11.5 Å². The Bertz CT molecular complexity index is 819. The number of halogens is 2. The van der Waals surface area contributed by atoms with E-state index in [0.29, 0.717) is 27.4 Å². The number of likely N-dealkylation sites (N-methyl/N-ethyl adjacent to an activating group) is 1. The van der Waals surface area contributed by atoms with Crippen LogP contribution in [0.15, 0.2) is 52.5 Å². The van der Waals surface area contributed by atoms with Crippen molar-refractivity contribution in [1.29, 1.82) is 5.26 Å². The predicted molar refractivity (Wildman–Crippen MR) is 102 cm³/mol. The third-order valence-corrected chi connectivity index (χ3v) is 4.18. The van der Waals surface area contributed by atoms with Crippen LogP contribution in [0.2, 0.25) is 5.02 Å². The summed E-state index contributed by atoms with van der Waals surface area (Å²) < 4.78 is 6.44. The first-order valence-corrected chi connectivity index (χ1v) is 8.58. The Morgan fingerprint density at radius 3 is 2.56 bits per heavy atom. The average molecular weight is 420 g/mol. The zero-order valence-electron chi connectivity index (χ0n) is 13.8. The average Bonchev–Trinajstić information content (AvgIpc) is 2.59. The molecule has 6 heteroatoms. The summed E-state index contributed by atoms with van der Waals surface area (Å²) in [5, 5.41) is 9.57. The van der Waals surface area contributed by atoms with Crippen molar-refractivity contribution in [3.05, 3.63) is 68.7 Å². The number of carbonyl (C=O) groups is 1. The largest absolute Gasteiger partial charge is 0.486 e. The van der Waals surface area contributed by atoms with Crippen LogP contribution in [0.1, 0.15) is 11.1 Å². The van der Waals surface area contributed by atoms with Gasteiger partial charge >= 0.3 is 0 Å². The summed E-state index contributed by atoms with van der Waals surface area (Å²) >= 11 is 9.74. The quantitative estimate of drug-likeness (QED) is 0.522. The van der Waals surface area contributed by atoms with Gasteiger partial charge in [-0.05, 0) is 45.3 Å². The van der Waals surface area contributed by atoms with Gasteiger partial charge in [0.05, 0.1) is 9.50 Å². The summed E-state index contributed by atoms with van der Waals surface area (Å²) in [5.74, 6) is 0.152. The van der Waals surface area contributed by atoms with Crippen molar-refractivity contribution in [2.45, 2.75) is 6.61 Å². The van der Waals surface area contributed by atoms with Crippen LogP contribution >= 0.6 is 27.5 Å². The molecule has 0 heterocycles. The first-order valence-electron chi connectivity index (χ1n) is 7.41. The molecule has 2 aromatic rings. The van der Waals surface area contributed by atoms with Crippen molar-refractivity contribution in [3.8, 4) is 11.8 Å². The van der Waals surface area contributed by atoms with E-state index in [4.69, 9.17) is 16.3 Å². The lowest BCUT2D eigenvalue weighted by molar-refractivity contribution is -0.124. The Balaban J connectivity index is 2.25. The minimum absolute atomic E-state index is 0.0333. The number of rotatable bonds is 5. The molecular formula is C19H16BrClN2O2. The van der Waals surface area contributed by atoms with Crippen LogP contribution in [0, 0.1) is 11.3 Å². The van der Waals surface area contributed by atoms with Gasteiger partial charge in [0.25, 0.3) is 5.91 Å². The molecule has 0 aliphatic heterocycles. The molecule has 0 atom stereocenters. The Morgan fingerprint density at radius 1 is 1.32 bits per heavy atom. The fourth-order valence-corrected chi connectivity index (χ4v) is 3.07. The minimum Gasteiger partial charge on any atom is -0.486 e. The number of amides is 1. The summed E-state index contributed by atoms with van der Waals surface area (Å²) in [5.41, 5.74) is 1.69. The van der Waals surface area contributed by atoms with Crippen LogP contribution in [-0.4, -0.2) is 24.9 Å². The maximum atomic E-state index is 11.9. The van der Waals surface area contributed by atoms with Gasteiger partial charge in [0.2, 0.25) is 0 Å². The van der Waals surface area contributed by atoms with Crippen molar-refractivity contribution < 1.29 is 9.53 Å². The number of hydrogen-bond acceptors (Lipinski definition) is 3. The SMILES string of the molecule is CN(C)C(=O)/C(C#N)=C\c1cc(Cl)c(OCc2ccccc2)c(Br)c1. The zero-order valence-corrected chi connectivity index (χ0v) is 16.1. The van der Waals surface area contributed by atoms with Gasteiger partial charge in [-0.3, -0.25) is 4.79 Å². The van der Waals surface area contributed by atoms with Crippen molar-refractivity contribution in [3.63, 3.8) is 0 Å². The highest BCUT2D eigenvalue weighted by molar-refractivity contribution is 9.10. The van der Waals surface area contributed by atoms with Crippen LogP contribution in [-0.2, 0) is 11.4 Å². The summed E-state index contributed by atoms with van der Waals surface area (Å²) in [6.45, 7) is 0.386. The zero-order chi connectivity index (χ0) is 18.4. The first-order chi connectivity index (χ1) is 11.9. The number of hydrogen-bond donors (Lipinski definition) is 0. The molecule has 0 N–H and O–H groups in total. The van der Waals surface area contributed by atoms with Gasteiger partial charge in [-0.15, -0.1) is 0 Å². The van der Waals surface area contributed by atoms with E-state index in [1.165, 1.54) is 11.0 Å². The van der Waals surface area contributed by atoms with Crippen LogP contribution in [0.4, 0.5) is 0 Å². The maximum Gasteiger partial charge on any atom is 0.264 e. The Kier molecular flexibility index (Phi) is 6.63. The third kappa shape index (κ3) is 5.09. The monoisotopic (exact) mass is 418 g/mol. The molecule has 0 radical (unpaired) electrons. The Morgan fingerprint density at radius 2 is 2.00 bits per heavy atom. The van der Waals surface area contributed by atoms with E-state index in [2.05, 4.69) is 15.9 Å². The fraction of sp³-hybridized carbons (Fsp3) is 0.158. The molecule has 2 rings (SSSR count). The summed E-state index contributed by atoms with van der Waals surface area (Å²) in [4.78, 5) is 13.3. The molecule has 0 aliphatic rings. The molecule has 0 saturated carbocycles. The van der Waals surface area contributed by atoms with E-state index in [9.17, 15) is 10.1 Å². The second-order valence-electron chi connectivity index (χ2n) is 5.46. The number of benzene rings is 2. The Hall–Kier alpha value is -2.29. The predicted octanol–water partition coefficient (Wildman–Crippen LogP) is 4.68. The van der Waals surface area contributed by atoms with Crippen molar-refractivity contribution >= 4 is 39.5 Å². The topological polar surface area (TPSA) is 53.3 Å². The molecule has 4 nitrogen and oxygen atoms in total. The van der Waals surface area contributed by atoms with Gasteiger partial charge in [0, 0.05) is 14.1 Å². The second-order valence-corrected chi connectivity index (χ2v) is 6.72. The standard InChI is InChI=1S/C19H16BrClN2O2/c1-23(2)19(24)15(11-22)8-14-9-16(20)18(17(21)10-14)25-12-13-6-4-3-5-7-13/h3-10H,12H2,1-2H3/b15-8-. The summed E-state index contributed by atoms with van der Waals surface area (Å²) in [6, 6.07) is 15.1. The van der Waals surface area contributed by atoms with Crippen molar-refractivity contribution in [1.82, 2.24) is 4.90 Å². The minimum atomic E-state index is -0.362. The molecule has 0 spiro atoms. The van der Waals surface area contributed by atoms with Gasteiger partial charge < -0.3 is 9.64 Å². The van der Waals surface area contributed by atoms with E-state index in [1.807, 2.05) is 36.4 Å². The second kappa shape index (κ2) is 8.70. The lowest BCUT2D eigenvalue weighted by Crippen LogP contribution is -2.22. The molecule has 0 bridgehead atoms. The maximum absolute atomic E-state index is 11.9. The summed E-state index contributed by atoms with van der Waals surface area (Å²) in [6.07, 6.45) is 1.50. The van der Waals surface area contributed by atoms with E-state index in [0.717, 1.165) is 5.56 Å². The number of carbonyl (C=O) groups excluding carboxylic acids is 1. The highest BCUT2D eigenvalue weighted by Gasteiger charge is 2.13. The van der Waals surface area contributed by atoms with Gasteiger partial charge in [-0.1, -0.05) is 41.9 Å². The van der Waals surface area contributed by atoms with Crippen molar-refractivity contribution in [2.24, 2.45) is 0 Å². The van der Waals surface area contributed by atoms with Crippen LogP contribution < -0.4 is 4.74 Å². The third-order valence-electron chi connectivity index (χ3n) is 3.31. The van der Waals surface area contributed by atoms with Gasteiger partial charge in [-0.2, -0.15) is 5.26 Å². The molecule has 0 fully saturated rings. The molecular weight excluding hydrogens is 404 g/mol. The normalized spacial score (nSPS) is 10.9. The van der Waals surface area contributed by atoms with Gasteiger partial charge in [0.1, 0.15) is 18.2 Å². The number of nitrogens with zero attached hydrogens (tertiary/aromatic N) is 2. The molecule has 1 amide bonds. The van der Waals surface area contributed by atoms with E-state index >= 15 is 0 Å². The molecule has 2 aromatic carbocycles. The Labute approximate surface area is 160 Å². The van der Waals surface area contributed by atoms with Gasteiger partial charge in [0.15, 0.2) is 5.75 Å². The molecule has 0 unspecified atom stereocenters. The first kappa shape index (κ1) is 19.0. The molecule has 0 aliphatic carbocycles. The molecule has 128 valence electrons. The van der Waals surface area contributed by atoms with Crippen molar-refractivity contribution in [2.75, 3.05) is 14.1 Å². The lowest BCUT2D eigenvalue weighted by atomic mass is 10.1. The number of nitriles is 1. The molecule has 0 aromatic heterocycles. The summed E-state index contributed by atoms with van der Waals surface area (Å²) in [7, 11) is 3.19. The van der Waals surface area contributed by atoms with Gasteiger partial charge in [-0.25, -0.2) is 0 Å². The molecule has 25 heavy (non-hydrogen) atoms.